The molecule has 1 aromatic rings. The summed E-state index contributed by atoms with van der Waals surface area (Å²) in [6, 6.07) is 6.64. The van der Waals surface area contributed by atoms with Crippen molar-refractivity contribution < 1.29 is 4.79 Å². The molecular weight excluding hydrogens is 232 g/mol. The molecule has 2 rings (SSSR count). The molecule has 2 N–H and O–H groups in total. The average molecular weight is 250 g/mol. The first-order valence-electron chi connectivity index (χ1n) is 5.83. The zero-order valence-corrected chi connectivity index (χ0v) is 11.1. The molecule has 0 spiro atoms. The molecule has 1 unspecified atom stereocenters. The Bertz CT molecular complexity index is 420. The minimum atomic E-state index is 0.0993. The van der Waals surface area contributed by atoms with E-state index in [9.17, 15) is 4.79 Å². The maximum Gasteiger partial charge on any atom is 0.228 e. The van der Waals surface area contributed by atoms with Crippen LogP contribution < -0.4 is 10.6 Å². The van der Waals surface area contributed by atoms with E-state index in [1.54, 1.807) is 0 Å². The predicted molar refractivity (Wildman–Crippen MR) is 73.6 cm³/mol. The molecule has 1 heterocycles. The van der Waals surface area contributed by atoms with Gasteiger partial charge >= 0.3 is 0 Å². The Morgan fingerprint density at radius 1 is 1.53 bits per heavy atom. The van der Waals surface area contributed by atoms with Gasteiger partial charge in [0.15, 0.2) is 0 Å². The fourth-order valence-corrected chi connectivity index (χ4v) is 2.65. The summed E-state index contributed by atoms with van der Waals surface area (Å²) in [6.45, 7) is 0. The van der Waals surface area contributed by atoms with Gasteiger partial charge in [-0.25, -0.2) is 0 Å². The Morgan fingerprint density at radius 2 is 2.35 bits per heavy atom. The van der Waals surface area contributed by atoms with E-state index in [-0.39, 0.29) is 5.91 Å². The van der Waals surface area contributed by atoms with Gasteiger partial charge in [0.2, 0.25) is 5.91 Å². The van der Waals surface area contributed by atoms with Crippen LogP contribution in [0.1, 0.15) is 23.6 Å². The topological polar surface area (TPSA) is 41.1 Å². The lowest BCUT2D eigenvalue weighted by atomic mass is 10.0. The van der Waals surface area contributed by atoms with Crippen LogP contribution in [0.5, 0.6) is 0 Å². The van der Waals surface area contributed by atoms with Gasteiger partial charge in [0.1, 0.15) is 0 Å². The van der Waals surface area contributed by atoms with Crippen LogP contribution in [0, 0.1) is 0 Å². The van der Waals surface area contributed by atoms with E-state index in [2.05, 4.69) is 29.0 Å². The number of carbonyl (C=O) groups excluding carboxylic acids is 1. The van der Waals surface area contributed by atoms with Crippen LogP contribution in [-0.4, -0.2) is 25.0 Å². The van der Waals surface area contributed by atoms with E-state index in [1.165, 1.54) is 5.56 Å². The van der Waals surface area contributed by atoms with Gasteiger partial charge in [0, 0.05) is 11.7 Å². The molecule has 0 fully saturated rings. The van der Waals surface area contributed by atoms with Gasteiger partial charge in [-0.3, -0.25) is 4.79 Å². The van der Waals surface area contributed by atoms with Gasteiger partial charge in [0.05, 0.1) is 6.42 Å². The van der Waals surface area contributed by atoms with Crippen LogP contribution in [0.25, 0.3) is 0 Å². The lowest BCUT2D eigenvalue weighted by Gasteiger charge is -2.16. The van der Waals surface area contributed by atoms with Crippen molar-refractivity contribution in [1.29, 1.82) is 0 Å². The summed E-state index contributed by atoms with van der Waals surface area (Å²) in [7, 11) is 1.99. The number of thioether (sulfide) groups is 1. The number of rotatable bonds is 5. The molecule has 0 saturated heterocycles. The molecule has 1 amide bonds. The number of anilines is 1. The summed E-state index contributed by atoms with van der Waals surface area (Å²) in [4.78, 5) is 11.3. The molecule has 0 aromatic heterocycles. The van der Waals surface area contributed by atoms with Crippen molar-refractivity contribution in [3.63, 3.8) is 0 Å². The van der Waals surface area contributed by atoms with Gasteiger partial charge in [-0.15, -0.1) is 0 Å². The van der Waals surface area contributed by atoms with Gasteiger partial charge in [0.25, 0.3) is 0 Å². The third-order valence-corrected chi connectivity index (χ3v) is 3.76. The summed E-state index contributed by atoms with van der Waals surface area (Å²) >= 11 is 1.86. The summed E-state index contributed by atoms with van der Waals surface area (Å²) in [5, 5.41) is 6.20. The quantitative estimate of drug-likeness (QED) is 0.841. The van der Waals surface area contributed by atoms with Crippen LogP contribution in [-0.2, 0) is 11.2 Å². The summed E-state index contributed by atoms with van der Waals surface area (Å²) in [5.41, 5.74) is 3.37. The molecule has 3 nitrogen and oxygen atoms in total. The van der Waals surface area contributed by atoms with Gasteiger partial charge in [-0.2, -0.15) is 11.8 Å². The molecule has 92 valence electrons. The molecule has 0 saturated carbocycles. The Balaban J connectivity index is 2.16. The molecular formula is C13H18N2OS. The van der Waals surface area contributed by atoms with Crippen molar-refractivity contribution in [2.24, 2.45) is 0 Å². The van der Waals surface area contributed by atoms with Crippen molar-refractivity contribution in [2.75, 3.05) is 24.4 Å². The van der Waals surface area contributed by atoms with E-state index < -0.39 is 0 Å². The van der Waals surface area contributed by atoms with Gasteiger partial charge < -0.3 is 10.6 Å². The van der Waals surface area contributed by atoms with Crippen LogP contribution in [0.2, 0.25) is 0 Å². The second-order valence-electron chi connectivity index (χ2n) is 4.26. The molecule has 1 aliphatic rings. The number of benzene rings is 1. The van der Waals surface area contributed by atoms with Gasteiger partial charge in [-0.1, -0.05) is 12.1 Å². The monoisotopic (exact) mass is 250 g/mol. The first-order valence-corrected chi connectivity index (χ1v) is 7.23. The third-order valence-electron chi connectivity index (χ3n) is 3.12. The molecule has 0 aliphatic carbocycles. The van der Waals surface area contributed by atoms with Gasteiger partial charge in [-0.05, 0) is 42.7 Å². The lowest BCUT2D eigenvalue weighted by molar-refractivity contribution is -0.115. The van der Waals surface area contributed by atoms with Crippen LogP contribution in [0.4, 0.5) is 5.69 Å². The summed E-state index contributed by atoms with van der Waals surface area (Å²) in [6.07, 6.45) is 3.75. The second-order valence-corrected chi connectivity index (χ2v) is 5.25. The predicted octanol–water partition coefficient (Wildman–Crippen LogP) is 2.19. The lowest BCUT2D eigenvalue weighted by Crippen LogP contribution is -2.17. The Labute approximate surface area is 106 Å². The van der Waals surface area contributed by atoms with Crippen molar-refractivity contribution in [3.8, 4) is 0 Å². The Hall–Kier alpha value is -1.00. The molecule has 1 atom stereocenters. The number of amides is 1. The van der Waals surface area contributed by atoms with Crippen molar-refractivity contribution in [3.05, 3.63) is 29.3 Å². The van der Waals surface area contributed by atoms with Crippen LogP contribution in [0.3, 0.4) is 0 Å². The molecule has 4 heteroatoms. The SMILES string of the molecule is CNC(CCSC)c1ccc2c(c1)CC(=O)N2. The molecule has 1 aromatic carbocycles. The fraction of sp³-hybridized carbons (Fsp3) is 0.462. The number of fused-ring (bicyclic) bond motifs is 1. The maximum atomic E-state index is 11.3. The van der Waals surface area contributed by atoms with Crippen molar-refractivity contribution in [2.45, 2.75) is 18.9 Å². The van der Waals surface area contributed by atoms with Crippen molar-refractivity contribution >= 4 is 23.4 Å². The van der Waals surface area contributed by atoms with E-state index in [0.29, 0.717) is 12.5 Å². The van der Waals surface area contributed by atoms with E-state index in [4.69, 9.17) is 0 Å². The fourth-order valence-electron chi connectivity index (χ4n) is 2.18. The first kappa shape index (κ1) is 12.5. The number of nitrogens with one attached hydrogen (secondary N) is 2. The Kier molecular flexibility index (Phi) is 4.07. The number of hydrogen-bond donors (Lipinski definition) is 2. The van der Waals surface area contributed by atoms with E-state index in [0.717, 1.165) is 23.4 Å². The highest BCUT2D eigenvalue weighted by Crippen LogP contribution is 2.27. The van der Waals surface area contributed by atoms with Crippen LogP contribution >= 0.6 is 11.8 Å². The first-order chi connectivity index (χ1) is 8.24. The smallest absolute Gasteiger partial charge is 0.228 e. The standard InChI is InChI=1S/C13H18N2OS/c1-14-11(5-6-17-2)9-3-4-12-10(7-9)8-13(16)15-12/h3-4,7,11,14H,5-6,8H2,1-2H3,(H,15,16). The van der Waals surface area contributed by atoms with Crippen molar-refractivity contribution in [1.82, 2.24) is 5.32 Å². The Morgan fingerprint density at radius 3 is 3.06 bits per heavy atom. The van der Waals surface area contributed by atoms with Crippen LogP contribution in [0.15, 0.2) is 18.2 Å². The minimum absolute atomic E-state index is 0.0993. The minimum Gasteiger partial charge on any atom is -0.326 e. The summed E-state index contributed by atoms with van der Waals surface area (Å²) < 4.78 is 0. The normalized spacial score (nSPS) is 15.5. The molecule has 1 aliphatic heterocycles. The summed E-state index contributed by atoms with van der Waals surface area (Å²) in [5.74, 6) is 1.24. The maximum absolute atomic E-state index is 11.3. The highest BCUT2D eigenvalue weighted by atomic mass is 32.2. The molecule has 0 bridgehead atoms. The molecule has 0 radical (unpaired) electrons. The molecule has 17 heavy (non-hydrogen) atoms. The van der Waals surface area contributed by atoms with E-state index in [1.807, 2.05) is 24.9 Å². The largest absolute Gasteiger partial charge is 0.326 e. The third kappa shape index (κ3) is 2.82. The highest BCUT2D eigenvalue weighted by Gasteiger charge is 2.19. The zero-order valence-electron chi connectivity index (χ0n) is 10.2. The highest BCUT2D eigenvalue weighted by molar-refractivity contribution is 7.98. The number of carbonyl (C=O) groups is 1. The number of hydrogen-bond acceptors (Lipinski definition) is 3. The van der Waals surface area contributed by atoms with E-state index >= 15 is 0 Å². The average Bonchev–Trinajstić information content (AvgIpc) is 2.69. The zero-order chi connectivity index (χ0) is 12.3. The second kappa shape index (κ2) is 5.56.